The summed E-state index contributed by atoms with van der Waals surface area (Å²) in [7, 11) is -4.78. The predicted octanol–water partition coefficient (Wildman–Crippen LogP) is 8.82. The maximum Gasteiger partial charge on any atom is 0.503 e. The lowest BCUT2D eigenvalue weighted by Gasteiger charge is -2.51. The monoisotopic (exact) mass is 752 g/mol. The Hall–Kier alpha value is -1.41. The molecule has 1 saturated heterocycles. The van der Waals surface area contributed by atoms with Gasteiger partial charge < -0.3 is 18.0 Å². The highest BCUT2D eigenvalue weighted by molar-refractivity contribution is 6.61. The standard InChI is InChI=1S/C20H21F21O4Si/c1-4-42-10(8-7-9-46(45-10,43-5-2)44-6-3)11(21,22)12(23,24)13(25,26)14(27,28)15(29,30)16(31,32)17(33,34)18(35,36)19(37,38)20(39,40)41/h4-9H2,1-3H3. The zero-order valence-electron chi connectivity index (χ0n) is 22.8. The Labute approximate surface area is 244 Å². The van der Waals surface area contributed by atoms with E-state index < -0.39 is 113 Å². The highest BCUT2D eigenvalue weighted by atomic mass is 28.4. The van der Waals surface area contributed by atoms with Crippen LogP contribution in [-0.4, -0.2) is 93.9 Å². The van der Waals surface area contributed by atoms with Gasteiger partial charge in [-0.15, -0.1) is 0 Å². The van der Waals surface area contributed by atoms with E-state index in [0.717, 1.165) is 13.8 Å². The van der Waals surface area contributed by atoms with Crippen LogP contribution in [0.3, 0.4) is 0 Å². The molecule has 4 nitrogen and oxygen atoms in total. The first-order valence-electron chi connectivity index (χ1n) is 12.2. The lowest BCUT2D eigenvalue weighted by atomic mass is 9.84. The van der Waals surface area contributed by atoms with Crippen molar-refractivity contribution in [2.24, 2.45) is 0 Å². The summed E-state index contributed by atoms with van der Waals surface area (Å²) < 4.78 is 310. The van der Waals surface area contributed by atoms with Gasteiger partial charge >= 0.3 is 68.3 Å². The van der Waals surface area contributed by atoms with E-state index in [2.05, 4.69) is 9.16 Å². The topological polar surface area (TPSA) is 36.9 Å². The van der Waals surface area contributed by atoms with Crippen molar-refractivity contribution in [1.82, 2.24) is 0 Å². The van der Waals surface area contributed by atoms with Crippen LogP contribution in [0.25, 0.3) is 0 Å². The predicted molar refractivity (Wildman–Crippen MR) is 109 cm³/mol. The van der Waals surface area contributed by atoms with Gasteiger partial charge in [-0.3, -0.25) is 0 Å². The van der Waals surface area contributed by atoms with Gasteiger partial charge in [0.2, 0.25) is 5.79 Å². The third-order valence-electron chi connectivity index (χ3n) is 6.40. The summed E-state index contributed by atoms with van der Waals surface area (Å²) in [5.74, 6) is -82.9. The van der Waals surface area contributed by atoms with Crippen LogP contribution in [0.2, 0.25) is 6.04 Å². The smallest absolute Gasteiger partial charge is 0.374 e. The Morgan fingerprint density at radius 1 is 0.500 bits per heavy atom. The molecule has 26 heteroatoms. The Balaban J connectivity index is 3.93. The second kappa shape index (κ2) is 12.2. The summed E-state index contributed by atoms with van der Waals surface area (Å²) in [5.41, 5.74) is 0. The molecule has 0 aromatic carbocycles. The quantitative estimate of drug-likeness (QED) is 0.124. The highest BCUT2D eigenvalue weighted by Gasteiger charge is 2.98. The highest BCUT2D eigenvalue weighted by Crippen LogP contribution is 2.67. The molecule has 1 heterocycles. The summed E-state index contributed by atoms with van der Waals surface area (Å²) in [6.07, 6.45) is -10.6. The Kier molecular flexibility index (Phi) is 11.3. The van der Waals surface area contributed by atoms with E-state index in [1.807, 2.05) is 0 Å². The molecular formula is C20H21F21O4Si. The van der Waals surface area contributed by atoms with Crippen LogP contribution in [-0.2, 0) is 18.0 Å². The van der Waals surface area contributed by atoms with Gasteiger partial charge in [0, 0.05) is 32.3 Å². The van der Waals surface area contributed by atoms with E-state index in [9.17, 15) is 83.4 Å². The molecule has 1 rings (SSSR count). The maximum atomic E-state index is 15.3. The molecule has 0 bridgehead atoms. The number of hydrogen-bond acceptors (Lipinski definition) is 4. The van der Waals surface area contributed by atoms with E-state index in [-0.39, 0.29) is 0 Å². The second-order valence-corrected chi connectivity index (χ2v) is 12.0. The summed E-state index contributed by atoms with van der Waals surface area (Å²) in [6.45, 7) is 0.498. The normalized spacial score (nSPS) is 21.9. The molecule has 1 aliphatic rings. The molecule has 0 radical (unpaired) electrons. The summed E-state index contributed by atoms with van der Waals surface area (Å²) in [6, 6.07) is -0.589. The Morgan fingerprint density at radius 3 is 1.13 bits per heavy atom. The summed E-state index contributed by atoms with van der Waals surface area (Å²) in [4.78, 5) is 0. The van der Waals surface area contributed by atoms with Crippen molar-refractivity contribution < 1.29 is 110 Å². The molecule has 0 amide bonds. The van der Waals surface area contributed by atoms with Crippen molar-refractivity contribution in [3.8, 4) is 0 Å². The molecule has 1 fully saturated rings. The molecule has 0 saturated carbocycles. The Morgan fingerprint density at radius 2 is 0.826 bits per heavy atom. The number of hydrogen-bond donors (Lipinski definition) is 0. The first-order valence-corrected chi connectivity index (χ1v) is 14.1. The molecule has 0 aromatic heterocycles. The first-order chi connectivity index (χ1) is 20.1. The number of ether oxygens (including phenoxy) is 1. The van der Waals surface area contributed by atoms with Gasteiger partial charge in [0.05, 0.1) is 0 Å². The fraction of sp³-hybridized carbons (Fsp3) is 1.00. The molecule has 46 heavy (non-hydrogen) atoms. The van der Waals surface area contributed by atoms with E-state index >= 15 is 8.78 Å². The molecule has 0 N–H and O–H groups in total. The molecule has 1 atom stereocenters. The average molecular weight is 752 g/mol. The van der Waals surface area contributed by atoms with Gasteiger partial charge in [-0.05, 0) is 27.2 Å². The largest absolute Gasteiger partial charge is 0.503 e. The van der Waals surface area contributed by atoms with E-state index in [1.54, 1.807) is 0 Å². The Bertz CT molecular complexity index is 1050. The lowest BCUT2D eigenvalue weighted by molar-refractivity contribution is -0.483. The summed E-state index contributed by atoms with van der Waals surface area (Å²) >= 11 is 0. The zero-order chi connectivity index (χ0) is 37.1. The van der Waals surface area contributed by atoms with Gasteiger partial charge in [0.15, 0.2) is 0 Å². The number of rotatable bonds is 15. The van der Waals surface area contributed by atoms with Crippen molar-refractivity contribution in [3.63, 3.8) is 0 Å². The fourth-order valence-electron chi connectivity index (χ4n) is 4.02. The van der Waals surface area contributed by atoms with Crippen LogP contribution in [0.5, 0.6) is 0 Å². The van der Waals surface area contributed by atoms with Gasteiger partial charge in [-0.25, -0.2) is 0 Å². The van der Waals surface area contributed by atoms with Crippen LogP contribution < -0.4 is 0 Å². The van der Waals surface area contributed by atoms with E-state index in [4.69, 9.17) is 8.85 Å². The zero-order valence-corrected chi connectivity index (χ0v) is 23.8. The van der Waals surface area contributed by atoms with E-state index in [1.165, 1.54) is 0 Å². The maximum absolute atomic E-state index is 15.3. The average Bonchev–Trinajstić information content (AvgIpc) is 2.87. The van der Waals surface area contributed by atoms with Crippen LogP contribution in [0, 0.1) is 0 Å². The minimum atomic E-state index is -9.25. The summed E-state index contributed by atoms with van der Waals surface area (Å²) in [5, 5.41) is 0. The first kappa shape index (κ1) is 42.6. The van der Waals surface area contributed by atoms with Crippen molar-refractivity contribution in [3.05, 3.63) is 0 Å². The van der Waals surface area contributed by atoms with Crippen molar-refractivity contribution in [1.29, 1.82) is 0 Å². The second-order valence-electron chi connectivity index (χ2n) is 9.36. The molecule has 1 aliphatic heterocycles. The van der Waals surface area contributed by atoms with Crippen molar-refractivity contribution in [2.45, 2.75) is 105 Å². The van der Waals surface area contributed by atoms with E-state index in [0.29, 0.717) is 6.92 Å². The molecular weight excluding hydrogens is 731 g/mol. The van der Waals surface area contributed by atoms with Gasteiger partial charge in [0.1, 0.15) is 0 Å². The molecule has 0 spiro atoms. The van der Waals surface area contributed by atoms with Crippen LogP contribution >= 0.6 is 0 Å². The van der Waals surface area contributed by atoms with Crippen LogP contribution in [0.4, 0.5) is 92.2 Å². The molecule has 1 unspecified atom stereocenters. The van der Waals surface area contributed by atoms with Gasteiger partial charge in [0.25, 0.3) is 0 Å². The van der Waals surface area contributed by atoms with Gasteiger partial charge in [-0.2, -0.15) is 92.2 Å². The van der Waals surface area contributed by atoms with Crippen molar-refractivity contribution >= 4 is 8.80 Å². The molecule has 0 aromatic rings. The van der Waals surface area contributed by atoms with Crippen LogP contribution in [0.15, 0.2) is 0 Å². The minimum absolute atomic E-state index is 0.557. The fourth-order valence-corrected chi connectivity index (χ4v) is 6.89. The van der Waals surface area contributed by atoms with Gasteiger partial charge in [-0.1, -0.05) is 0 Å². The lowest BCUT2D eigenvalue weighted by Crippen LogP contribution is -2.79. The molecule has 276 valence electrons. The minimum Gasteiger partial charge on any atom is -0.374 e. The number of halogens is 21. The third kappa shape index (κ3) is 5.61. The van der Waals surface area contributed by atoms with Crippen LogP contribution in [0.1, 0.15) is 33.6 Å². The van der Waals surface area contributed by atoms with Crippen molar-refractivity contribution in [2.75, 3.05) is 19.8 Å². The number of alkyl halides is 21. The SMILES string of the molecule is CCOC1(C(F)(F)C(F)(F)C(F)(F)C(F)(F)C(F)(F)C(F)(F)C(F)(F)C(F)(F)C(F)(F)C(F)(F)F)CCC[Si](OCC)(OCC)O1. The third-order valence-corrected chi connectivity index (χ3v) is 9.47. The molecule has 0 aliphatic carbocycles.